The molecule has 3 rings (SSSR count). The lowest BCUT2D eigenvalue weighted by atomic mass is 9.98. The predicted molar refractivity (Wildman–Crippen MR) is 85.8 cm³/mol. The number of rotatable bonds is 1. The molecule has 0 spiro atoms. The number of hydrogen-bond acceptors (Lipinski definition) is 2. The number of benzene rings is 2. The summed E-state index contributed by atoms with van der Waals surface area (Å²) in [7, 11) is 0. The molecule has 20 heavy (non-hydrogen) atoms. The van der Waals surface area contributed by atoms with Crippen LogP contribution in [-0.4, -0.2) is 4.98 Å². The Morgan fingerprint density at radius 2 is 1.55 bits per heavy atom. The first-order valence-electron chi connectivity index (χ1n) is 6.80. The maximum absolute atomic E-state index is 6.14. The minimum absolute atomic E-state index is 0.781. The third-order valence-electron chi connectivity index (χ3n) is 3.80. The van der Waals surface area contributed by atoms with E-state index in [1.54, 1.807) is 0 Å². The van der Waals surface area contributed by atoms with Gasteiger partial charge in [0, 0.05) is 16.6 Å². The molecule has 0 aliphatic heterocycles. The number of pyridine rings is 1. The van der Waals surface area contributed by atoms with Gasteiger partial charge in [-0.25, -0.2) is 4.98 Å². The van der Waals surface area contributed by atoms with Crippen LogP contribution in [0.5, 0.6) is 0 Å². The summed E-state index contributed by atoms with van der Waals surface area (Å²) < 4.78 is 0. The molecule has 0 amide bonds. The Hall–Kier alpha value is -2.35. The lowest BCUT2D eigenvalue weighted by Gasteiger charge is -2.12. The van der Waals surface area contributed by atoms with E-state index in [1.807, 2.05) is 12.1 Å². The third kappa shape index (κ3) is 1.94. The van der Waals surface area contributed by atoms with Crippen molar-refractivity contribution < 1.29 is 0 Å². The minimum atomic E-state index is 0.781. The van der Waals surface area contributed by atoms with E-state index < -0.39 is 0 Å². The molecule has 0 bridgehead atoms. The SMILES string of the molecule is Cc1cccc(N)c1-c1cc(C)c2c(C)cccc2n1. The van der Waals surface area contributed by atoms with Gasteiger partial charge >= 0.3 is 0 Å². The molecule has 0 aliphatic carbocycles. The fraction of sp³-hybridized carbons (Fsp3) is 0.167. The number of aromatic nitrogens is 1. The van der Waals surface area contributed by atoms with Crippen LogP contribution in [0.25, 0.3) is 22.2 Å². The van der Waals surface area contributed by atoms with Gasteiger partial charge in [-0.3, -0.25) is 0 Å². The quantitative estimate of drug-likeness (QED) is 0.660. The van der Waals surface area contributed by atoms with E-state index in [0.29, 0.717) is 0 Å². The summed E-state index contributed by atoms with van der Waals surface area (Å²) in [5, 5.41) is 1.24. The van der Waals surface area contributed by atoms with Gasteiger partial charge in [-0.05, 0) is 55.7 Å². The fourth-order valence-electron chi connectivity index (χ4n) is 2.87. The number of anilines is 1. The highest BCUT2D eigenvalue weighted by Gasteiger charge is 2.11. The van der Waals surface area contributed by atoms with Gasteiger partial charge in [0.05, 0.1) is 11.2 Å². The first kappa shape index (κ1) is 12.7. The van der Waals surface area contributed by atoms with Gasteiger partial charge in [0.2, 0.25) is 0 Å². The molecular formula is C18H18N2. The number of nitrogen functional groups attached to an aromatic ring is 1. The number of hydrogen-bond donors (Lipinski definition) is 1. The van der Waals surface area contributed by atoms with E-state index in [1.165, 1.54) is 16.5 Å². The van der Waals surface area contributed by atoms with Crippen LogP contribution >= 0.6 is 0 Å². The second kappa shape index (κ2) is 4.64. The van der Waals surface area contributed by atoms with Crippen molar-refractivity contribution in [2.24, 2.45) is 0 Å². The largest absolute Gasteiger partial charge is 0.398 e. The maximum atomic E-state index is 6.14. The highest BCUT2D eigenvalue weighted by atomic mass is 14.7. The number of aryl methyl sites for hydroxylation is 3. The molecular weight excluding hydrogens is 244 g/mol. The van der Waals surface area contributed by atoms with Gasteiger partial charge in [-0.15, -0.1) is 0 Å². The maximum Gasteiger partial charge on any atom is 0.0735 e. The molecule has 0 atom stereocenters. The van der Waals surface area contributed by atoms with E-state index in [2.05, 4.69) is 51.1 Å². The van der Waals surface area contributed by atoms with Crippen LogP contribution in [0.1, 0.15) is 16.7 Å². The highest BCUT2D eigenvalue weighted by molar-refractivity contribution is 5.89. The average molecular weight is 262 g/mol. The Balaban J connectivity index is 2.34. The van der Waals surface area contributed by atoms with Gasteiger partial charge in [0.25, 0.3) is 0 Å². The molecule has 0 aliphatic rings. The normalized spacial score (nSPS) is 10.9. The molecule has 2 nitrogen and oxygen atoms in total. The lowest BCUT2D eigenvalue weighted by molar-refractivity contribution is 1.32. The van der Waals surface area contributed by atoms with Gasteiger partial charge < -0.3 is 5.73 Å². The van der Waals surface area contributed by atoms with Crippen molar-refractivity contribution in [2.75, 3.05) is 5.73 Å². The third-order valence-corrected chi connectivity index (χ3v) is 3.80. The second-order valence-electron chi connectivity index (χ2n) is 5.33. The molecule has 2 heteroatoms. The van der Waals surface area contributed by atoms with Gasteiger partial charge in [0.1, 0.15) is 0 Å². The van der Waals surface area contributed by atoms with Crippen LogP contribution in [0.3, 0.4) is 0 Å². The monoisotopic (exact) mass is 262 g/mol. The Morgan fingerprint density at radius 3 is 2.30 bits per heavy atom. The Bertz CT molecular complexity index is 784. The molecule has 1 aromatic heterocycles. The molecule has 2 aromatic carbocycles. The van der Waals surface area contributed by atoms with E-state index in [9.17, 15) is 0 Å². The Morgan fingerprint density at radius 1 is 0.850 bits per heavy atom. The van der Waals surface area contributed by atoms with E-state index >= 15 is 0 Å². The van der Waals surface area contributed by atoms with Crippen molar-refractivity contribution >= 4 is 16.6 Å². The van der Waals surface area contributed by atoms with Crippen LogP contribution in [0.4, 0.5) is 5.69 Å². The molecule has 3 aromatic rings. The molecule has 0 saturated carbocycles. The topological polar surface area (TPSA) is 38.9 Å². The minimum Gasteiger partial charge on any atom is -0.398 e. The number of fused-ring (bicyclic) bond motifs is 1. The van der Waals surface area contributed by atoms with Crippen LogP contribution in [0.15, 0.2) is 42.5 Å². The molecule has 0 radical (unpaired) electrons. The van der Waals surface area contributed by atoms with E-state index in [-0.39, 0.29) is 0 Å². The van der Waals surface area contributed by atoms with Crippen molar-refractivity contribution in [1.29, 1.82) is 0 Å². The van der Waals surface area contributed by atoms with E-state index in [0.717, 1.165) is 28.0 Å². The summed E-state index contributed by atoms with van der Waals surface area (Å²) in [4.78, 5) is 4.81. The van der Waals surface area contributed by atoms with Crippen LogP contribution in [0, 0.1) is 20.8 Å². The van der Waals surface area contributed by atoms with Gasteiger partial charge in [0.15, 0.2) is 0 Å². The lowest BCUT2D eigenvalue weighted by Crippen LogP contribution is -1.96. The Kier molecular flexibility index (Phi) is 2.94. The molecule has 0 fully saturated rings. The van der Waals surface area contributed by atoms with E-state index in [4.69, 9.17) is 10.7 Å². The molecule has 1 heterocycles. The zero-order chi connectivity index (χ0) is 14.3. The second-order valence-corrected chi connectivity index (χ2v) is 5.33. The standard InChI is InChI=1S/C18H18N2/c1-11-7-5-9-15-17(11)13(3)10-16(20-15)18-12(2)6-4-8-14(18)19/h4-10H,19H2,1-3H3. The summed E-state index contributed by atoms with van der Waals surface area (Å²) in [6, 6.07) is 14.4. The van der Waals surface area contributed by atoms with Crippen molar-refractivity contribution in [2.45, 2.75) is 20.8 Å². The molecule has 100 valence electrons. The smallest absolute Gasteiger partial charge is 0.0735 e. The van der Waals surface area contributed by atoms with Gasteiger partial charge in [-0.1, -0.05) is 24.3 Å². The summed E-state index contributed by atoms with van der Waals surface area (Å²) in [5.74, 6) is 0. The number of nitrogens with two attached hydrogens (primary N) is 1. The first-order chi connectivity index (χ1) is 9.58. The first-order valence-corrected chi connectivity index (χ1v) is 6.80. The van der Waals surface area contributed by atoms with Crippen molar-refractivity contribution in [3.8, 4) is 11.3 Å². The zero-order valence-corrected chi connectivity index (χ0v) is 12.1. The summed E-state index contributed by atoms with van der Waals surface area (Å²) >= 11 is 0. The number of nitrogens with zero attached hydrogens (tertiary/aromatic N) is 1. The molecule has 0 saturated heterocycles. The van der Waals surface area contributed by atoms with Crippen LogP contribution in [-0.2, 0) is 0 Å². The van der Waals surface area contributed by atoms with Crippen LogP contribution in [0.2, 0.25) is 0 Å². The summed E-state index contributed by atoms with van der Waals surface area (Å²) in [5.41, 5.74) is 13.6. The summed E-state index contributed by atoms with van der Waals surface area (Å²) in [6.07, 6.45) is 0. The molecule has 0 unspecified atom stereocenters. The van der Waals surface area contributed by atoms with Crippen molar-refractivity contribution in [3.63, 3.8) is 0 Å². The molecule has 2 N–H and O–H groups in total. The highest BCUT2D eigenvalue weighted by Crippen LogP contribution is 2.31. The van der Waals surface area contributed by atoms with Crippen molar-refractivity contribution in [1.82, 2.24) is 4.98 Å². The zero-order valence-electron chi connectivity index (χ0n) is 12.1. The van der Waals surface area contributed by atoms with Gasteiger partial charge in [-0.2, -0.15) is 0 Å². The fourth-order valence-corrected chi connectivity index (χ4v) is 2.87. The predicted octanol–water partition coefficient (Wildman–Crippen LogP) is 4.41. The average Bonchev–Trinajstić information content (AvgIpc) is 2.38. The summed E-state index contributed by atoms with van der Waals surface area (Å²) in [6.45, 7) is 6.33. The Labute approximate surface area is 119 Å². The van der Waals surface area contributed by atoms with Crippen molar-refractivity contribution in [3.05, 3.63) is 59.2 Å². The van der Waals surface area contributed by atoms with Crippen LogP contribution < -0.4 is 5.73 Å².